The van der Waals surface area contributed by atoms with Crippen molar-refractivity contribution < 1.29 is 43.3 Å². The van der Waals surface area contributed by atoms with E-state index >= 15 is 0 Å². The molecular weight excluding hydrogens is 572 g/mol. The first-order chi connectivity index (χ1) is 21.2. The van der Waals surface area contributed by atoms with Crippen molar-refractivity contribution in [2.24, 2.45) is 0 Å². The van der Waals surface area contributed by atoms with Crippen molar-refractivity contribution in [3.05, 3.63) is 85.0 Å². The van der Waals surface area contributed by atoms with Gasteiger partial charge in [-0.05, 0) is 22.3 Å². The van der Waals surface area contributed by atoms with Crippen LogP contribution in [-0.2, 0) is 23.8 Å². The second-order valence-corrected chi connectivity index (χ2v) is 9.57. The summed E-state index contributed by atoms with van der Waals surface area (Å²) in [6.45, 7) is 6.71. The second kappa shape index (κ2) is 16.9. The van der Waals surface area contributed by atoms with Crippen LogP contribution in [0.4, 0.5) is 14.4 Å². The highest BCUT2D eigenvalue weighted by atomic mass is 16.6. The number of carboxylic acids is 1. The fourth-order valence-electron chi connectivity index (χ4n) is 4.60. The third-order valence-corrected chi connectivity index (χ3v) is 6.63. The molecule has 0 saturated carbocycles. The summed E-state index contributed by atoms with van der Waals surface area (Å²) in [6, 6.07) is 13.9. The molecule has 0 aromatic heterocycles. The largest absolute Gasteiger partial charge is 0.480 e. The number of ether oxygens (including phenoxy) is 3. The zero-order chi connectivity index (χ0) is 31.9. The maximum Gasteiger partial charge on any atom is 0.407 e. The van der Waals surface area contributed by atoms with Gasteiger partial charge in [0.2, 0.25) is 5.91 Å². The van der Waals surface area contributed by atoms with E-state index in [1.807, 2.05) is 48.5 Å². The number of aliphatic carboxylic acids is 1. The molecule has 3 rings (SSSR count). The van der Waals surface area contributed by atoms with E-state index in [0.717, 1.165) is 22.3 Å². The molecule has 2 aromatic rings. The van der Waals surface area contributed by atoms with Crippen LogP contribution in [-0.4, -0.2) is 92.2 Å². The van der Waals surface area contributed by atoms with Crippen molar-refractivity contribution in [1.82, 2.24) is 20.9 Å². The molecule has 1 aliphatic rings. The number of nitrogens with one attached hydrogen (secondary N) is 3. The van der Waals surface area contributed by atoms with Crippen LogP contribution in [0.5, 0.6) is 0 Å². The van der Waals surface area contributed by atoms with Gasteiger partial charge in [-0.1, -0.05) is 73.8 Å². The molecule has 44 heavy (non-hydrogen) atoms. The number of alkyl carbamates (subject to hydrolysis) is 3. The summed E-state index contributed by atoms with van der Waals surface area (Å²) < 4.78 is 15.1. The molecule has 13 nitrogen and oxygen atoms in total. The second-order valence-electron chi connectivity index (χ2n) is 9.57. The van der Waals surface area contributed by atoms with E-state index in [1.54, 1.807) is 0 Å². The lowest BCUT2D eigenvalue weighted by atomic mass is 9.98. The molecule has 0 spiro atoms. The number of carbonyl (C=O) groups is 5. The molecule has 4 N–H and O–H groups in total. The number of hydrogen-bond donors (Lipinski definition) is 4. The number of hydrogen-bond acceptors (Lipinski definition) is 8. The molecular formula is C31H36N4O9. The lowest BCUT2D eigenvalue weighted by Gasteiger charge is -2.25. The fraction of sp³-hybridized carbons (Fsp3) is 0.323. The monoisotopic (exact) mass is 608 g/mol. The summed E-state index contributed by atoms with van der Waals surface area (Å²) >= 11 is 0. The summed E-state index contributed by atoms with van der Waals surface area (Å²) in [7, 11) is 0. The van der Waals surface area contributed by atoms with E-state index in [1.165, 1.54) is 17.1 Å². The molecule has 1 atom stereocenters. The number of fused-ring (bicyclic) bond motifs is 3. The van der Waals surface area contributed by atoms with Crippen LogP contribution in [0.3, 0.4) is 0 Å². The van der Waals surface area contributed by atoms with Crippen molar-refractivity contribution in [3.63, 3.8) is 0 Å². The van der Waals surface area contributed by atoms with E-state index < -0.39 is 42.6 Å². The van der Waals surface area contributed by atoms with Crippen LogP contribution in [0.2, 0.25) is 0 Å². The van der Waals surface area contributed by atoms with Crippen molar-refractivity contribution >= 4 is 30.2 Å². The number of carbonyl (C=O) groups excluding carboxylic acids is 4. The third kappa shape index (κ3) is 9.61. The highest BCUT2D eigenvalue weighted by molar-refractivity contribution is 5.87. The Bertz CT molecular complexity index is 1290. The SMILES string of the molecule is C=CCOC(=O)NCCN(CCNC(=O)OCC=C)C(=O)C[C@H](NC(=O)OCC1c2ccccc2-c2ccccc21)C(=O)O. The standard InChI is InChI=1S/C31H36N4O9/c1-3-17-42-29(39)32-13-15-35(16-14-33-30(40)43-18-4-2)27(36)19-26(28(37)38)34-31(41)44-20-25-23-11-7-5-9-21(23)22-10-6-8-12-24(22)25/h3-12,25-26H,1-2,13-20H2,(H,32,39)(H,33,40)(H,34,41)(H,37,38)/t26-/m0/s1. The number of carboxylic acid groups (broad SMARTS) is 1. The Morgan fingerprint density at radius 3 is 1.77 bits per heavy atom. The van der Waals surface area contributed by atoms with E-state index in [2.05, 4.69) is 29.1 Å². The minimum Gasteiger partial charge on any atom is -0.480 e. The van der Waals surface area contributed by atoms with Gasteiger partial charge in [0.15, 0.2) is 0 Å². The molecule has 2 aromatic carbocycles. The van der Waals surface area contributed by atoms with Crippen molar-refractivity contribution in [3.8, 4) is 11.1 Å². The van der Waals surface area contributed by atoms with Crippen LogP contribution in [0.1, 0.15) is 23.5 Å². The number of rotatable bonds is 16. The first-order valence-electron chi connectivity index (χ1n) is 13.9. The van der Waals surface area contributed by atoms with Gasteiger partial charge < -0.3 is 40.2 Å². The molecule has 0 bridgehead atoms. The van der Waals surface area contributed by atoms with Crippen LogP contribution in [0.15, 0.2) is 73.8 Å². The molecule has 0 fully saturated rings. The van der Waals surface area contributed by atoms with E-state index in [9.17, 15) is 29.1 Å². The topological polar surface area (TPSA) is 173 Å². The first kappa shape index (κ1) is 33.2. The van der Waals surface area contributed by atoms with E-state index in [0.29, 0.717) is 0 Å². The van der Waals surface area contributed by atoms with Crippen molar-refractivity contribution in [2.45, 2.75) is 18.4 Å². The predicted octanol–water partition coefficient (Wildman–Crippen LogP) is 3.02. The molecule has 0 saturated heterocycles. The van der Waals surface area contributed by atoms with Gasteiger partial charge in [0, 0.05) is 32.1 Å². The Balaban J connectivity index is 1.59. The van der Waals surface area contributed by atoms with Gasteiger partial charge in [-0.3, -0.25) is 4.79 Å². The first-order valence-corrected chi connectivity index (χ1v) is 13.9. The predicted molar refractivity (Wildman–Crippen MR) is 160 cm³/mol. The summed E-state index contributed by atoms with van der Waals surface area (Å²) in [6.07, 6.45) is -0.282. The van der Waals surface area contributed by atoms with Gasteiger partial charge >= 0.3 is 24.2 Å². The Hall–Kier alpha value is -5.33. The number of nitrogens with zero attached hydrogens (tertiary/aromatic N) is 1. The Kier molecular flexibility index (Phi) is 12.8. The molecule has 0 aliphatic heterocycles. The van der Waals surface area contributed by atoms with Gasteiger partial charge in [0.1, 0.15) is 25.9 Å². The van der Waals surface area contributed by atoms with E-state index in [4.69, 9.17) is 14.2 Å². The van der Waals surface area contributed by atoms with Gasteiger partial charge in [-0.25, -0.2) is 19.2 Å². The summed E-state index contributed by atoms with van der Waals surface area (Å²) in [5.41, 5.74) is 4.06. The highest BCUT2D eigenvalue weighted by Crippen LogP contribution is 2.44. The Labute approximate surface area is 254 Å². The van der Waals surface area contributed by atoms with Gasteiger partial charge in [-0.2, -0.15) is 0 Å². The van der Waals surface area contributed by atoms with Crippen LogP contribution in [0, 0.1) is 0 Å². The highest BCUT2D eigenvalue weighted by Gasteiger charge is 2.31. The fourth-order valence-corrected chi connectivity index (χ4v) is 4.60. The van der Waals surface area contributed by atoms with Crippen molar-refractivity contribution in [1.29, 1.82) is 0 Å². The molecule has 4 amide bonds. The molecule has 0 unspecified atom stereocenters. The number of amides is 4. The lowest BCUT2D eigenvalue weighted by Crippen LogP contribution is -2.48. The number of benzene rings is 2. The molecule has 0 heterocycles. The molecule has 234 valence electrons. The smallest absolute Gasteiger partial charge is 0.407 e. The van der Waals surface area contributed by atoms with Gasteiger partial charge in [0.05, 0.1) is 6.42 Å². The Morgan fingerprint density at radius 1 is 0.795 bits per heavy atom. The molecule has 1 aliphatic carbocycles. The molecule has 13 heteroatoms. The maximum absolute atomic E-state index is 13.1. The molecule has 0 radical (unpaired) electrons. The zero-order valence-corrected chi connectivity index (χ0v) is 24.2. The van der Waals surface area contributed by atoms with Crippen LogP contribution >= 0.6 is 0 Å². The zero-order valence-electron chi connectivity index (χ0n) is 24.2. The minimum absolute atomic E-state index is 0.00690. The Morgan fingerprint density at radius 2 is 1.30 bits per heavy atom. The lowest BCUT2D eigenvalue weighted by molar-refractivity contribution is -0.143. The maximum atomic E-state index is 13.1. The van der Waals surface area contributed by atoms with Crippen LogP contribution in [0.25, 0.3) is 11.1 Å². The van der Waals surface area contributed by atoms with Gasteiger partial charge in [-0.15, -0.1) is 0 Å². The van der Waals surface area contributed by atoms with Crippen LogP contribution < -0.4 is 16.0 Å². The summed E-state index contributed by atoms with van der Waals surface area (Å²) in [4.78, 5) is 62.5. The van der Waals surface area contributed by atoms with Gasteiger partial charge in [0.25, 0.3) is 0 Å². The summed E-state index contributed by atoms with van der Waals surface area (Å²) in [5.74, 6) is -2.33. The third-order valence-electron chi connectivity index (χ3n) is 6.63. The average Bonchev–Trinajstić information content (AvgIpc) is 3.34. The quantitative estimate of drug-likeness (QED) is 0.165. The van der Waals surface area contributed by atoms with E-state index in [-0.39, 0.29) is 51.9 Å². The minimum atomic E-state index is -1.60. The normalized spacial score (nSPS) is 12.0. The average molecular weight is 609 g/mol. The van der Waals surface area contributed by atoms with Crippen molar-refractivity contribution in [2.75, 3.05) is 46.0 Å². The summed E-state index contributed by atoms with van der Waals surface area (Å²) in [5, 5.41) is 16.9.